The largest absolute Gasteiger partial charge is 0.507 e. The van der Waals surface area contributed by atoms with E-state index in [4.69, 9.17) is 4.74 Å². The van der Waals surface area contributed by atoms with Crippen molar-refractivity contribution < 1.29 is 14.6 Å². The molecule has 0 amide bonds. The molecule has 0 heterocycles. The molecule has 1 aromatic carbocycles. The SMILES string of the molecule is COc1cccc(O)c1C=C=O. The maximum Gasteiger partial charge on any atom is 0.130 e. The van der Waals surface area contributed by atoms with Crippen LogP contribution in [-0.4, -0.2) is 18.2 Å². The quantitative estimate of drug-likeness (QED) is 0.669. The zero-order valence-electron chi connectivity index (χ0n) is 6.57. The lowest BCUT2D eigenvalue weighted by atomic mass is 10.2. The Balaban J connectivity index is 3.28. The van der Waals surface area contributed by atoms with E-state index in [0.717, 1.165) is 6.08 Å². The maximum absolute atomic E-state index is 10.0. The first-order chi connectivity index (χ1) is 5.79. The van der Waals surface area contributed by atoms with E-state index in [9.17, 15) is 9.90 Å². The molecule has 0 aliphatic rings. The molecular weight excluding hydrogens is 156 g/mol. The minimum atomic E-state index is 0.0118. The standard InChI is InChI=1S/C9H8O3/c1-12-9-4-2-3-8(11)7(9)5-6-10/h2-5,11H,1H3. The first kappa shape index (κ1) is 8.37. The van der Waals surface area contributed by atoms with Gasteiger partial charge >= 0.3 is 0 Å². The van der Waals surface area contributed by atoms with Gasteiger partial charge in [-0.15, -0.1) is 0 Å². The summed E-state index contributed by atoms with van der Waals surface area (Å²) in [5, 5.41) is 9.26. The van der Waals surface area contributed by atoms with Crippen molar-refractivity contribution >= 4 is 12.0 Å². The van der Waals surface area contributed by atoms with Gasteiger partial charge in [0, 0.05) is 6.08 Å². The topological polar surface area (TPSA) is 46.5 Å². The van der Waals surface area contributed by atoms with Crippen LogP contribution >= 0.6 is 0 Å². The molecule has 1 aromatic rings. The van der Waals surface area contributed by atoms with Crippen LogP contribution in [0.1, 0.15) is 5.56 Å². The normalized spacial score (nSPS) is 8.75. The van der Waals surface area contributed by atoms with Gasteiger partial charge in [-0.05, 0) is 12.1 Å². The Hall–Kier alpha value is -1.73. The van der Waals surface area contributed by atoms with Gasteiger partial charge in [-0.3, -0.25) is 0 Å². The zero-order valence-corrected chi connectivity index (χ0v) is 6.57. The lowest BCUT2D eigenvalue weighted by molar-refractivity contribution is 0.406. The number of rotatable bonds is 2. The van der Waals surface area contributed by atoms with Crippen LogP contribution in [0.5, 0.6) is 11.5 Å². The summed E-state index contributed by atoms with van der Waals surface area (Å²) in [7, 11) is 1.47. The van der Waals surface area contributed by atoms with E-state index >= 15 is 0 Å². The molecule has 0 aliphatic heterocycles. The number of phenolic OH excluding ortho intramolecular Hbond substituents is 1. The molecule has 0 unspecified atom stereocenters. The van der Waals surface area contributed by atoms with Crippen LogP contribution in [0.2, 0.25) is 0 Å². The zero-order chi connectivity index (χ0) is 8.97. The van der Waals surface area contributed by atoms with Crippen molar-refractivity contribution in [3.05, 3.63) is 23.8 Å². The molecule has 0 saturated carbocycles. The van der Waals surface area contributed by atoms with Crippen LogP contribution in [-0.2, 0) is 4.79 Å². The van der Waals surface area contributed by atoms with Gasteiger partial charge in [0.05, 0.1) is 12.7 Å². The van der Waals surface area contributed by atoms with Crippen LogP contribution < -0.4 is 4.74 Å². The van der Waals surface area contributed by atoms with Gasteiger partial charge in [-0.25, -0.2) is 4.79 Å². The molecule has 0 aliphatic carbocycles. The number of hydrogen-bond donors (Lipinski definition) is 1. The smallest absolute Gasteiger partial charge is 0.130 e. The highest BCUT2D eigenvalue weighted by molar-refractivity contribution is 5.80. The van der Waals surface area contributed by atoms with Gasteiger partial charge in [0.1, 0.15) is 17.4 Å². The van der Waals surface area contributed by atoms with Crippen LogP contribution in [0.25, 0.3) is 6.08 Å². The third-order valence-corrected chi connectivity index (χ3v) is 1.47. The minimum absolute atomic E-state index is 0.0118. The van der Waals surface area contributed by atoms with Crippen LogP contribution in [0.3, 0.4) is 0 Å². The number of methoxy groups -OCH3 is 1. The maximum atomic E-state index is 10.0. The second-order valence-electron chi connectivity index (χ2n) is 2.16. The van der Waals surface area contributed by atoms with Gasteiger partial charge in [0.25, 0.3) is 0 Å². The van der Waals surface area contributed by atoms with Crippen molar-refractivity contribution in [1.82, 2.24) is 0 Å². The van der Waals surface area contributed by atoms with Crippen molar-refractivity contribution in [2.75, 3.05) is 7.11 Å². The predicted molar refractivity (Wildman–Crippen MR) is 44.8 cm³/mol. The summed E-state index contributed by atoms with van der Waals surface area (Å²) in [6.07, 6.45) is 1.13. The Bertz CT molecular complexity index is 325. The Labute approximate surface area is 69.9 Å². The van der Waals surface area contributed by atoms with Crippen LogP contribution in [0.15, 0.2) is 18.2 Å². The third-order valence-electron chi connectivity index (χ3n) is 1.47. The van der Waals surface area contributed by atoms with E-state index < -0.39 is 0 Å². The highest BCUT2D eigenvalue weighted by Crippen LogP contribution is 2.27. The highest BCUT2D eigenvalue weighted by Gasteiger charge is 2.03. The number of benzene rings is 1. The monoisotopic (exact) mass is 164 g/mol. The molecule has 1 rings (SSSR count). The fourth-order valence-electron chi connectivity index (χ4n) is 0.914. The van der Waals surface area contributed by atoms with Crippen LogP contribution in [0.4, 0.5) is 0 Å². The lowest BCUT2D eigenvalue weighted by Crippen LogP contribution is -1.86. The van der Waals surface area contributed by atoms with Crippen molar-refractivity contribution in [1.29, 1.82) is 0 Å². The number of phenols is 1. The summed E-state index contributed by atoms with van der Waals surface area (Å²) in [5.74, 6) is 2.05. The average Bonchev–Trinajstić information content (AvgIpc) is 2.09. The lowest BCUT2D eigenvalue weighted by Gasteiger charge is -2.04. The average molecular weight is 164 g/mol. The van der Waals surface area contributed by atoms with Crippen molar-refractivity contribution in [3.63, 3.8) is 0 Å². The van der Waals surface area contributed by atoms with E-state index in [1.54, 1.807) is 18.1 Å². The fraction of sp³-hybridized carbons (Fsp3) is 0.111. The van der Waals surface area contributed by atoms with Gasteiger partial charge in [-0.1, -0.05) is 6.07 Å². The molecule has 0 spiro atoms. The number of ether oxygens (including phenoxy) is 1. The van der Waals surface area contributed by atoms with Crippen LogP contribution in [0, 0.1) is 0 Å². The molecule has 3 heteroatoms. The Morgan fingerprint density at radius 2 is 2.33 bits per heavy atom. The second-order valence-corrected chi connectivity index (χ2v) is 2.16. The molecular formula is C9H8O3. The minimum Gasteiger partial charge on any atom is -0.507 e. The second kappa shape index (κ2) is 3.60. The molecule has 0 atom stereocenters. The Kier molecular flexibility index (Phi) is 2.51. The number of aromatic hydroxyl groups is 1. The van der Waals surface area contributed by atoms with E-state index in [2.05, 4.69) is 0 Å². The van der Waals surface area contributed by atoms with E-state index in [-0.39, 0.29) is 5.75 Å². The van der Waals surface area contributed by atoms with E-state index in [0.29, 0.717) is 11.3 Å². The molecule has 3 nitrogen and oxygen atoms in total. The molecule has 0 radical (unpaired) electrons. The summed E-state index contributed by atoms with van der Waals surface area (Å²) in [6.45, 7) is 0. The first-order valence-electron chi connectivity index (χ1n) is 3.36. The van der Waals surface area contributed by atoms with E-state index in [1.807, 2.05) is 0 Å². The predicted octanol–water partition coefficient (Wildman–Crippen LogP) is 1.25. The molecule has 12 heavy (non-hydrogen) atoms. The number of hydrogen-bond acceptors (Lipinski definition) is 3. The Morgan fingerprint density at radius 1 is 1.58 bits per heavy atom. The van der Waals surface area contributed by atoms with Crippen molar-refractivity contribution in [2.24, 2.45) is 0 Å². The highest BCUT2D eigenvalue weighted by atomic mass is 16.5. The summed E-state index contributed by atoms with van der Waals surface area (Å²) >= 11 is 0. The van der Waals surface area contributed by atoms with Crippen molar-refractivity contribution in [3.8, 4) is 11.5 Å². The molecule has 1 N–H and O–H groups in total. The molecule has 62 valence electrons. The number of carbonyl (C=O) groups excluding carboxylic acids is 1. The fourth-order valence-corrected chi connectivity index (χ4v) is 0.914. The summed E-state index contributed by atoms with van der Waals surface area (Å²) < 4.78 is 4.91. The molecule has 0 fully saturated rings. The molecule has 0 bridgehead atoms. The third kappa shape index (κ3) is 1.47. The van der Waals surface area contributed by atoms with Gasteiger partial charge in [0.2, 0.25) is 0 Å². The van der Waals surface area contributed by atoms with Crippen molar-refractivity contribution in [2.45, 2.75) is 0 Å². The van der Waals surface area contributed by atoms with Gasteiger partial charge < -0.3 is 9.84 Å². The Morgan fingerprint density at radius 3 is 2.92 bits per heavy atom. The first-order valence-corrected chi connectivity index (χ1v) is 3.36. The summed E-state index contributed by atoms with van der Waals surface area (Å²) in [6, 6.07) is 4.77. The summed E-state index contributed by atoms with van der Waals surface area (Å²) in [5.41, 5.74) is 0.356. The molecule has 0 saturated heterocycles. The van der Waals surface area contributed by atoms with E-state index in [1.165, 1.54) is 13.2 Å². The van der Waals surface area contributed by atoms with Gasteiger partial charge in [-0.2, -0.15) is 0 Å². The summed E-state index contributed by atoms with van der Waals surface area (Å²) in [4.78, 5) is 10.0. The molecule has 0 aromatic heterocycles. The van der Waals surface area contributed by atoms with Gasteiger partial charge in [0.15, 0.2) is 0 Å².